The van der Waals surface area contributed by atoms with Crippen molar-refractivity contribution in [2.45, 2.75) is 66.6 Å². The standard InChI is InChI=1S/C16H26O6/c1-9(17)11(13(19)21-15(3,4)5)12(10(2)18)14(20)22-16(6,7)8/h11-12H,1-8H3. The molecule has 6 nitrogen and oxygen atoms in total. The fraction of sp³-hybridized carbons (Fsp3) is 0.750. The van der Waals surface area contributed by atoms with Gasteiger partial charge >= 0.3 is 11.9 Å². The molecule has 2 atom stereocenters. The molecule has 0 aliphatic rings. The molecular weight excluding hydrogens is 288 g/mol. The van der Waals surface area contributed by atoms with E-state index >= 15 is 0 Å². The van der Waals surface area contributed by atoms with Gasteiger partial charge in [-0.05, 0) is 55.4 Å². The second kappa shape index (κ2) is 7.03. The van der Waals surface area contributed by atoms with Gasteiger partial charge in [0.15, 0.2) is 0 Å². The molecule has 22 heavy (non-hydrogen) atoms. The predicted octanol–water partition coefficient (Wildman–Crippen LogP) is 2.08. The predicted molar refractivity (Wildman–Crippen MR) is 80.0 cm³/mol. The summed E-state index contributed by atoms with van der Waals surface area (Å²) in [6.45, 7) is 12.1. The number of esters is 2. The molecule has 0 bridgehead atoms. The highest BCUT2D eigenvalue weighted by Gasteiger charge is 2.44. The summed E-state index contributed by atoms with van der Waals surface area (Å²) in [4.78, 5) is 48.1. The molecule has 0 N–H and O–H groups in total. The summed E-state index contributed by atoms with van der Waals surface area (Å²) in [5.41, 5.74) is -1.67. The molecule has 0 radical (unpaired) electrons. The van der Waals surface area contributed by atoms with Gasteiger partial charge in [0.2, 0.25) is 0 Å². The average molecular weight is 314 g/mol. The monoisotopic (exact) mass is 314 g/mol. The summed E-state index contributed by atoms with van der Waals surface area (Å²) >= 11 is 0. The van der Waals surface area contributed by atoms with Crippen molar-refractivity contribution < 1.29 is 28.7 Å². The van der Waals surface area contributed by atoms with Gasteiger partial charge in [-0.1, -0.05) is 0 Å². The second-order valence-corrected chi connectivity index (χ2v) is 7.24. The van der Waals surface area contributed by atoms with Gasteiger partial charge in [0.1, 0.15) is 34.6 Å². The van der Waals surface area contributed by atoms with Crippen LogP contribution in [0.2, 0.25) is 0 Å². The smallest absolute Gasteiger partial charge is 0.318 e. The Hall–Kier alpha value is -1.72. The zero-order valence-electron chi connectivity index (χ0n) is 14.6. The lowest BCUT2D eigenvalue weighted by molar-refractivity contribution is -0.176. The Bertz CT molecular complexity index is 420. The number of ketones is 2. The van der Waals surface area contributed by atoms with Crippen molar-refractivity contribution in [1.82, 2.24) is 0 Å². The van der Waals surface area contributed by atoms with Crippen LogP contribution in [0, 0.1) is 11.8 Å². The zero-order valence-corrected chi connectivity index (χ0v) is 14.6. The SMILES string of the molecule is CC(=O)C(C(=O)OC(C)(C)C)C(C(C)=O)C(=O)OC(C)(C)C. The summed E-state index contributed by atoms with van der Waals surface area (Å²) in [5.74, 6) is -6.00. The third kappa shape index (κ3) is 6.83. The highest BCUT2D eigenvalue weighted by atomic mass is 16.6. The van der Waals surface area contributed by atoms with Crippen LogP contribution < -0.4 is 0 Å². The minimum Gasteiger partial charge on any atom is -0.459 e. The first-order valence-electron chi connectivity index (χ1n) is 7.12. The van der Waals surface area contributed by atoms with Gasteiger partial charge in [-0.15, -0.1) is 0 Å². The minimum atomic E-state index is -1.49. The molecule has 6 heteroatoms. The fourth-order valence-electron chi connectivity index (χ4n) is 1.80. The Morgan fingerprint density at radius 2 is 0.864 bits per heavy atom. The maximum Gasteiger partial charge on any atom is 0.318 e. The first-order valence-corrected chi connectivity index (χ1v) is 7.12. The molecule has 0 aliphatic carbocycles. The van der Waals surface area contributed by atoms with E-state index in [4.69, 9.17) is 9.47 Å². The van der Waals surface area contributed by atoms with Crippen LogP contribution in [0.3, 0.4) is 0 Å². The average Bonchev–Trinajstić information content (AvgIpc) is 2.18. The van der Waals surface area contributed by atoms with Crippen LogP contribution in [-0.4, -0.2) is 34.7 Å². The highest BCUT2D eigenvalue weighted by molar-refractivity contribution is 6.10. The van der Waals surface area contributed by atoms with E-state index in [0.717, 1.165) is 13.8 Å². The Balaban J connectivity index is 5.56. The summed E-state index contributed by atoms with van der Waals surface area (Å²) in [6.07, 6.45) is 0. The molecule has 0 rings (SSSR count). The maximum absolute atomic E-state index is 12.2. The molecule has 0 fully saturated rings. The molecule has 0 aromatic rings. The Labute approximate surface area is 131 Å². The minimum absolute atomic E-state index is 0.611. The van der Waals surface area contributed by atoms with Gasteiger partial charge in [0, 0.05) is 0 Å². The molecule has 0 aliphatic heterocycles. The van der Waals surface area contributed by atoms with Crippen LogP contribution in [-0.2, 0) is 28.7 Å². The Kier molecular flexibility index (Phi) is 6.48. The van der Waals surface area contributed by atoms with Crippen LogP contribution in [0.4, 0.5) is 0 Å². The molecule has 126 valence electrons. The van der Waals surface area contributed by atoms with Gasteiger partial charge in [0.25, 0.3) is 0 Å². The first-order chi connectivity index (χ1) is 9.65. The second-order valence-electron chi connectivity index (χ2n) is 7.24. The number of carbonyl (C=O) groups is 4. The van der Waals surface area contributed by atoms with E-state index in [2.05, 4.69) is 0 Å². The van der Waals surface area contributed by atoms with Crippen LogP contribution >= 0.6 is 0 Å². The third-order valence-corrected chi connectivity index (χ3v) is 2.53. The van der Waals surface area contributed by atoms with Crippen molar-refractivity contribution in [2.24, 2.45) is 11.8 Å². The van der Waals surface area contributed by atoms with Crippen molar-refractivity contribution in [3.8, 4) is 0 Å². The van der Waals surface area contributed by atoms with Crippen LogP contribution in [0.15, 0.2) is 0 Å². The Morgan fingerprint density at radius 3 is 1.00 bits per heavy atom. The van der Waals surface area contributed by atoms with Crippen LogP contribution in [0.5, 0.6) is 0 Å². The molecule has 0 spiro atoms. The molecule has 0 heterocycles. The number of carbonyl (C=O) groups excluding carboxylic acids is 4. The van der Waals surface area contributed by atoms with Crippen molar-refractivity contribution in [1.29, 1.82) is 0 Å². The van der Waals surface area contributed by atoms with Gasteiger partial charge < -0.3 is 9.47 Å². The number of rotatable bonds is 5. The summed E-state index contributed by atoms with van der Waals surface area (Å²) in [6, 6.07) is 0. The van der Waals surface area contributed by atoms with E-state index in [9.17, 15) is 19.2 Å². The molecule has 0 amide bonds. The van der Waals surface area contributed by atoms with Crippen molar-refractivity contribution in [2.75, 3.05) is 0 Å². The molecule has 0 saturated heterocycles. The van der Waals surface area contributed by atoms with E-state index in [1.165, 1.54) is 0 Å². The van der Waals surface area contributed by atoms with Crippen LogP contribution in [0.25, 0.3) is 0 Å². The van der Waals surface area contributed by atoms with Gasteiger partial charge in [-0.2, -0.15) is 0 Å². The quantitative estimate of drug-likeness (QED) is 0.570. The van der Waals surface area contributed by atoms with E-state index in [-0.39, 0.29) is 0 Å². The first kappa shape index (κ1) is 20.3. The molecule has 0 saturated carbocycles. The largest absolute Gasteiger partial charge is 0.459 e. The normalized spacial score (nSPS) is 14.7. The molecular formula is C16H26O6. The highest BCUT2D eigenvalue weighted by Crippen LogP contribution is 2.23. The lowest BCUT2D eigenvalue weighted by atomic mass is 9.86. The van der Waals surface area contributed by atoms with E-state index in [1.807, 2.05) is 0 Å². The lowest BCUT2D eigenvalue weighted by Gasteiger charge is -2.28. The van der Waals surface area contributed by atoms with E-state index < -0.39 is 46.5 Å². The molecule has 2 unspecified atom stereocenters. The summed E-state index contributed by atoms with van der Waals surface area (Å²) in [7, 11) is 0. The Morgan fingerprint density at radius 1 is 0.636 bits per heavy atom. The van der Waals surface area contributed by atoms with Crippen LogP contribution in [0.1, 0.15) is 55.4 Å². The summed E-state index contributed by atoms with van der Waals surface area (Å²) in [5, 5.41) is 0. The van der Waals surface area contributed by atoms with Crippen molar-refractivity contribution in [3.63, 3.8) is 0 Å². The lowest BCUT2D eigenvalue weighted by Crippen LogP contribution is -2.44. The summed E-state index contributed by atoms with van der Waals surface area (Å²) < 4.78 is 10.3. The zero-order chi connectivity index (χ0) is 17.9. The fourth-order valence-corrected chi connectivity index (χ4v) is 1.80. The third-order valence-electron chi connectivity index (χ3n) is 2.53. The van der Waals surface area contributed by atoms with E-state index in [0.29, 0.717) is 0 Å². The number of hydrogen-bond acceptors (Lipinski definition) is 6. The number of Topliss-reactive ketones (excluding diaryl/α,β-unsaturated/α-hetero) is 2. The molecule has 0 aromatic heterocycles. The van der Waals surface area contributed by atoms with Gasteiger partial charge in [-0.3, -0.25) is 19.2 Å². The topological polar surface area (TPSA) is 86.7 Å². The maximum atomic E-state index is 12.2. The molecule has 0 aromatic carbocycles. The van der Waals surface area contributed by atoms with Gasteiger partial charge in [-0.25, -0.2) is 0 Å². The van der Waals surface area contributed by atoms with Gasteiger partial charge in [0.05, 0.1) is 0 Å². The number of hydrogen-bond donors (Lipinski definition) is 0. The number of ether oxygens (including phenoxy) is 2. The van der Waals surface area contributed by atoms with E-state index in [1.54, 1.807) is 41.5 Å². The van der Waals surface area contributed by atoms with Crippen molar-refractivity contribution in [3.05, 3.63) is 0 Å². The van der Waals surface area contributed by atoms with Crippen molar-refractivity contribution >= 4 is 23.5 Å².